The van der Waals surface area contributed by atoms with Crippen molar-refractivity contribution in [2.75, 3.05) is 18.0 Å². The van der Waals surface area contributed by atoms with Gasteiger partial charge in [0.25, 0.3) is 6.01 Å². The Morgan fingerprint density at radius 2 is 2.06 bits per heavy atom. The summed E-state index contributed by atoms with van der Waals surface area (Å²) in [6.45, 7) is 9.49. The van der Waals surface area contributed by atoms with Crippen LogP contribution in [-0.2, 0) is 6.54 Å². The van der Waals surface area contributed by atoms with Crippen LogP contribution in [0.5, 0.6) is 0 Å². The zero-order valence-corrected chi connectivity index (χ0v) is 11.1. The molecular weight excluding hydrogens is 214 g/mol. The Labute approximate surface area is 103 Å². The van der Waals surface area contributed by atoms with E-state index in [0.717, 1.165) is 30.7 Å². The van der Waals surface area contributed by atoms with Crippen molar-refractivity contribution >= 4 is 6.01 Å². The molecule has 2 heterocycles. The fourth-order valence-electron chi connectivity index (χ4n) is 2.47. The van der Waals surface area contributed by atoms with E-state index < -0.39 is 0 Å². The summed E-state index contributed by atoms with van der Waals surface area (Å²) in [5.74, 6) is 0.794. The van der Waals surface area contributed by atoms with Crippen molar-refractivity contribution < 1.29 is 4.42 Å². The first-order chi connectivity index (χ1) is 8.00. The smallest absolute Gasteiger partial charge is 0.297 e. The van der Waals surface area contributed by atoms with E-state index in [1.54, 1.807) is 6.26 Å². The van der Waals surface area contributed by atoms with Crippen molar-refractivity contribution in [1.82, 2.24) is 4.98 Å². The molecule has 1 aliphatic rings. The number of anilines is 1. The van der Waals surface area contributed by atoms with Crippen LogP contribution in [0.25, 0.3) is 0 Å². The number of rotatable bonds is 2. The van der Waals surface area contributed by atoms with Crippen LogP contribution in [0.3, 0.4) is 0 Å². The lowest BCUT2D eigenvalue weighted by molar-refractivity contribution is 0.196. The van der Waals surface area contributed by atoms with Crippen LogP contribution in [0.2, 0.25) is 0 Å². The second-order valence-electron chi connectivity index (χ2n) is 5.95. The summed E-state index contributed by atoms with van der Waals surface area (Å²) in [7, 11) is 0. The van der Waals surface area contributed by atoms with Crippen LogP contribution in [0.1, 0.15) is 39.3 Å². The van der Waals surface area contributed by atoms with Crippen LogP contribution < -0.4 is 10.6 Å². The van der Waals surface area contributed by atoms with Gasteiger partial charge < -0.3 is 15.1 Å². The molecule has 2 N–H and O–H groups in total. The van der Waals surface area contributed by atoms with Crippen molar-refractivity contribution in [3.8, 4) is 0 Å². The molecule has 1 aromatic heterocycles. The molecule has 4 heteroatoms. The summed E-state index contributed by atoms with van der Waals surface area (Å²) < 4.78 is 5.45. The molecule has 1 aliphatic heterocycles. The first kappa shape index (κ1) is 12.4. The Hall–Kier alpha value is -1.03. The predicted molar refractivity (Wildman–Crippen MR) is 68.8 cm³/mol. The maximum Gasteiger partial charge on any atom is 0.297 e. The minimum Gasteiger partial charge on any atom is -0.432 e. The highest BCUT2D eigenvalue weighted by Crippen LogP contribution is 2.35. The molecule has 0 aliphatic carbocycles. The minimum atomic E-state index is 0.408. The normalized spacial score (nSPS) is 18.7. The third-order valence-corrected chi connectivity index (χ3v) is 3.74. The van der Waals surface area contributed by atoms with E-state index in [0.29, 0.717) is 12.0 Å². The van der Waals surface area contributed by atoms with E-state index in [9.17, 15) is 0 Å². The zero-order chi connectivity index (χ0) is 12.5. The Kier molecular flexibility index (Phi) is 3.43. The van der Waals surface area contributed by atoms with E-state index in [2.05, 4.69) is 30.7 Å². The average molecular weight is 237 g/mol. The molecule has 1 fully saturated rings. The fraction of sp³-hybridized carbons (Fsp3) is 0.769. The molecule has 17 heavy (non-hydrogen) atoms. The van der Waals surface area contributed by atoms with Gasteiger partial charge >= 0.3 is 0 Å². The molecule has 0 amide bonds. The molecule has 0 bridgehead atoms. The van der Waals surface area contributed by atoms with Gasteiger partial charge in [0.1, 0.15) is 6.26 Å². The van der Waals surface area contributed by atoms with Crippen molar-refractivity contribution in [3.63, 3.8) is 0 Å². The van der Waals surface area contributed by atoms with Crippen molar-refractivity contribution in [1.29, 1.82) is 0 Å². The van der Waals surface area contributed by atoms with Crippen LogP contribution in [-0.4, -0.2) is 18.1 Å². The molecule has 1 aromatic rings. The summed E-state index contributed by atoms with van der Waals surface area (Å²) in [4.78, 5) is 6.60. The lowest BCUT2D eigenvalue weighted by Gasteiger charge is -2.38. The van der Waals surface area contributed by atoms with E-state index >= 15 is 0 Å². The van der Waals surface area contributed by atoms with Gasteiger partial charge in [-0.05, 0) is 24.2 Å². The minimum absolute atomic E-state index is 0.408. The number of hydrogen-bond acceptors (Lipinski definition) is 4. The Balaban J connectivity index is 1.95. The van der Waals surface area contributed by atoms with E-state index in [1.807, 2.05) is 0 Å². The molecular formula is C13H23N3O. The van der Waals surface area contributed by atoms with Crippen LogP contribution in [0.15, 0.2) is 10.7 Å². The highest BCUT2D eigenvalue weighted by molar-refractivity contribution is 5.27. The SMILES string of the molecule is CC(C)(C)C1CCN(c2nc(CN)co2)CC1. The maximum atomic E-state index is 5.53. The molecule has 0 aromatic carbocycles. The third kappa shape index (κ3) is 2.80. The van der Waals surface area contributed by atoms with Gasteiger partial charge in [0, 0.05) is 19.6 Å². The molecule has 0 atom stereocenters. The highest BCUT2D eigenvalue weighted by atomic mass is 16.4. The Morgan fingerprint density at radius 1 is 1.41 bits per heavy atom. The van der Waals surface area contributed by atoms with Gasteiger partial charge in [-0.3, -0.25) is 0 Å². The second-order valence-corrected chi connectivity index (χ2v) is 5.95. The van der Waals surface area contributed by atoms with Gasteiger partial charge in [0.2, 0.25) is 0 Å². The first-order valence-corrected chi connectivity index (χ1v) is 6.40. The van der Waals surface area contributed by atoms with E-state index in [-0.39, 0.29) is 0 Å². The van der Waals surface area contributed by atoms with Crippen molar-refractivity contribution in [3.05, 3.63) is 12.0 Å². The summed E-state index contributed by atoms with van der Waals surface area (Å²) in [5.41, 5.74) is 6.77. The highest BCUT2D eigenvalue weighted by Gasteiger charge is 2.29. The largest absolute Gasteiger partial charge is 0.432 e. The van der Waals surface area contributed by atoms with Crippen LogP contribution in [0, 0.1) is 11.3 Å². The number of nitrogens with two attached hydrogens (primary N) is 1. The number of nitrogens with zero attached hydrogens (tertiary/aromatic N) is 2. The number of piperidine rings is 1. The standard InChI is InChI=1S/C13H23N3O/c1-13(2,3)10-4-6-16(7-5-10)12-15-11(8-14)9-17-12/h9-10H,4-8,14H2,1-3H3. The van der Waals surface area contributed by atoms with Crippen molar-refractivity contribution in [2.45, 2.75) is 40.2 Å². The Morgan fingerprint density at radius 3 is 2.53 bits per heavy atom. The molecule has 0 radical (unpaired) electrons. The number of hydrogen-bond donors (Lipinski definition) is 1. The zero-order valence-electron chi connectivity index (χ0n) is 11.1. The fourth-order valence-corrected chi connectivity index (χ4v) is 2.47. The van der Waals surface area contributed by atoms with Gasteiger partial charge in [-0.15, -0.1) is 0 Å². The van der Waals surface area contributed by atoms with Crippen LogP contribution >= 0.6 is 0 Å². The van der Waals surface area contributed by atoms with Gasteiger partial charge in [-0.1, -0.05) is 20.8 Å². The molecule has 0 spiro atoms. The van der Waals surface area contributed by atoms with Gasteiger partial charge in [-0.2, -0.15) is 4.98 Å². The lowest BCUT2D eigenvalue weighted by Crippen LogP contribution is -2.38. The maximum absolute atomic E-state index is 5.53. The molecule has 0 saturated carbocycles. The average Bonchev–Trinajstić information content (AvgIpc) is 2.76. The molecule has 0 unspecified atom stereocenters. The third-order valence-electron chi connectivity index (χ3n) is 3.74. The molecule has 2 rings (SSSR count). The number of oxazole rings is 1. The molecule has 96 valence electrons. The van der Waals surface area contributed by atoms with E-state index in [1.165, 1.54) is 12.8 Å². The van der Waals surface area contributed by atoms with Crippen LogP contribution in [0.4, 0.5) is 6.01 Å². The molecule has 1 saturated heterocycles. The summed E-state index contributed by atoms with van der Waals surface area (Å²) in [5, 5.41) is 0. The quantitative estimate of drug-likeness (QED) is 0.858. The first-order valence-electron chi connectivity index (χ1n) is 6.40. The summed E-state index contributed by atoms with van der Waals surface area (Å²) in [6.07, 6.45) is 4.08. The summed E-state index contributed by atoms with van der Waals surface area (Å²) in [6, 6.07) is 0.734. The monoisotopic (exact) mass is 237 g/mol. The summed E-state index contributed by atoms with van der Waals surface area (Å²) >= 11 is 0. The van der Waals surface area contributed by atoms with E-state index in [4.69, 9.17) is 10.2 Å². The lowest BCUT2D eigenvalue weighted by atomic mass is 9.75. The van der Waals surface area contributed by atoms with Gasteiger partial charge in [0.05, 0.1) is 5.69 Å². The van der Waals surface area contributed by atoms with Gasteiger partial charge in [0.15, 0.2) is 0 Å². The molecule has 4 nitrogen and oxygen atoms in total. The Bertz CT molecular complexity index is 359. The predicted octanol–water partition coefficient (Wildman–Crippen LogP) is 2.40. The number of aromatic nitrogens is 1. The second kappa shape index (κ2) is 4.69. The van der Waals surface area contributed by atoms with Crippen molar-refractivity contribution in [2.24, 2.45) is 17.1 Å². The van der Waals surface area contributed by atoms with Gasteiger partial charge in [-0.25, -0.2) is 0 Å². The topological polar surface area (TPSA) is 55.3 Å².